The first-order chi connectivity index (χ1) is 13.6. The lowest BCUT2D eigenvalue weighted by Crippen LogP contribution is -2.20. The predicted molar refractivity (Wildman–Crippen MR) is 109 cm³/mol. The number of pyridine rings is 1. The van der Waals surface area contributed by atoms with Crippen LogP contribution in [0.1, 0.15) is 5.56 Å². The van der Waals surface area contributed by atoms with Crippen molar-refractivity contribution in [1.29, 1.82) is 0 Å². The normalized spacial score (nSPS) is 10.9. The molecule has 0 aliphatic carbocycles. The number of nitrogens with zero attached hydrogens (tertiary/aromatic N) is 1. The van der Waals surface area contributed by atoms with Crippen molar-refractivity contribution in [3.8, 4) is 11.5 Å². The van der Waals surface area contributed by atoms with Crippen molar-refractivity contribution in [3.05, 3.63) is 82.5 Å². The van der Waals surface area contributed by atoms with Crippen molar-refractivity contribution in [3.63, 3.8) is 0 Å². The van der Waals surface area contributed by atoms with Crippen LogP contribution in [0.4, 0.5) is 0 Å². The summed E-state index contributed by atoms with van der Waals surface area (Å²) in [5.41, 5.74) is 2.37. The highest BCUT2D eigenvalue weighted by Crippen LogP contribution is 2.21. The molecule has 0 aliphatic heterocycles. The van der Waals surface area contributed by atoms with Gasteiger partial charge >= 0.3 is 5.97 Å². The molecule has 1 aromatic heterocycles. The van der Waals surface area contributed by atoms with Crippen molar-refractivity contribution < 1.29 is 14.3 Å². The van der Waals surface area contributed by atoms with Crippen LogP contribution in [0, 0.1) is 6.92 Å². The second kappa shape index (κ2) is 7.19. The van der Waals surface area contributed by atoms with Crippen molar-refractivity contribution in [1.82, 2.24) is 4.57 Å². The highest BCUT2D eigenvalue weighted by Gasteiger charge is 2.14. The first kappa shape index (κ1) is 17.8. The van der Waals surface area contributed by atoms with Gasteiger partial charge in [0.2, 0.25) is 0 Å². The van der Waals surface area contributed by atoms with Crippen molar-refractivity contribution in [2.45, 2.75) is 13.5 Å². The van der Waals surface area contributed by atoms with Gasteiger partial charge in [-0.1, -0.05) is 23.8 Å². The zero-order valence-corrected chi connectivity index (χ0v) is 15.6. The summed E-state index contributed by atoms with van der Waals surface area (Å²) in [6.45, 7) is 1.93. The van der Waals surface area contributed by atoms with Gasteiger partial charge in [-0.25, -0.2) is 4.79 Å². The molecule has 0 saturated carbocycles. The molecule has 3 aromatic carbocycles. The molecular formula is C23H19NO4. The number of methoxy groups -OCH3 is 1. The maximum Gasteiger partial charge on any atom is 0.331 e. The number of ether oxygens (including phenoxy) is 2. The van der Waals surface area contributed by atoms with Gasteiger partial charge in [-0.2, -0.15) is 0 Å². The van der Waals surface area contributed by atoms with Crippen molar-refractivity contribution in [2.75, 3.05) is 7.11 Å². The second-order valence-corrected chi connectivity index (χ2v) is 6.60. The third-order valence-electron chi connectivity index (χ3n) is 4.71. The van der Waals surface area contributed by atoms with Crippen molar-refractivity contribution >= 4 is 27.8 Å². The fourth-order valence-electron chi connectivity index (χ4n) is 3.35. The third kappa shape index (κ3) is 3.22. The van der Waals surface area contributed by atoms with Gasteiger partial charge in [-0.15, -0.1) is 0 Å². The van der Waals surface area contributed by atoms with E-state index in [1.807, 2.05) is 47.9 Å². The Hall–Kier alpha value is -3.60. The number of esters is 1. The van der Waals surface area contributed by atoms with Crippen LogP contribution in [-0.2, 0) is 11.3 Å². The van der Waals surface area contributed by atoms with Crippen LogP contribution >= 0.6 is 0 Å². The zero-order valence-electron chi connectivity index (χ0n) is 15.6. The Morgan fingerprint density at radius 3 is 2.32 bits per heavy atom. The predicted octanol–water partition coefficient (Wildman–Crippen LogP) is 4.08. The van der Waals surface area contributed by atoms with Crippen LogP contribution in [0.15, 0.2) is 71.5 Å². The lowest BCUT2D eigenvalue weighted by molar-refractivity contribution is -0.134. The van der Waals surface area contributed by atoms with Gasteiger partial charge in [0.05, 0.1) is 18.1 Å². The molecule has 28 heavy (non-hydrogen) atoms. The molecule has 0 spiro atoms. The van der Waals surface area contributed by atoms with E-state index in [4.69, 9.17) is 9.47 Å². The van der Waals surface area contributed by atoms with Crippen molar-refractivity contribution in [2.24, 2.45) is 0 Å². The van der Waals surface area contributed by atoms with E-state index in [2.05, 4.69) is 0 Å². The molecule has 5 nitrogen and oxygen atoms in total. The van der Waals surface area contributed by atoms with Crippen LogP contribution in [0.3, 0.4) is 0 Å². The Kier molecular flexibility index (Phi) is 4.57. The van der Waals surface area contributed by atoms with Crippen LogP contribution in [0.2, 0.25) is 0 Å². The summed E-state index contributed by atoms with van der Waals surface area (Å²) in [5.74, 6) is 0.713. The number of aryl methyl sites for hydroxylation is 1. The van der Waals surface area contributed by atoms with Gasteiger partial charge in [-0.05, 0) is 55.5 Å². The molecule has 1 heterocycles. The van der Waals surface area contributed by atoms with Crippen LogP contribution < -0.4 is 14.9 Å². The van der Waals surface area contributed by atoms with Gasteiger partial charge in [0, 0.05) is 10.8 Å². The number of fused-ring (bicyclic) bond motifs is 2. The maximum absolute atomic E-state index is 12.9. The van der Waals surface area contributed by atoms with Crippen LogP contribution in [0.25, 0.3) is 21.8 Å². The number of carbonyl (C=O) groups is 1. The molecule has 0 bridgehead atoms. The maximum atomic E-state index is 12.9. The number of para-hydroxylation sites is 1. The monoisotopic (exact) mass is 373 g/mol. The standard InChI is InChI=1S/C23H19NO4/c1-15-7-12-21-19(13-15)23(26)18-5-3-4-6-20(18)24(21)14-22(25)28-17-10-8-16(27-2)9-11-17/h3-13H,14H2,1-2H3. The highest BCUT2D eigenvalue weighted by atomic mass is 16.5. The molecule has 0 aliphatic rings. The minimum atomic E-state index is -0.416. The van der Waals surface area contributed by atoms with E-state index in [0.29, 0.717) is 33.3 Å². The molecule has 140 valence electrons. The Morgan fingerprint density at radius 1 is 0.893 bits per heavy atom. The van der Waals surface area contributed by atoms with Gasteiger partial charge in [0.1, 0.15) is 18.0 Å². The molecular weight excluding hydrogens is 354 g/mol. The Labute approximate surface area is 161 Å². The number of hydrogen-bond acceptors (Lipinski definition) is 4. The average Bonchev–Trinajstić information content (AvgIpc) is 2.72. The van der Waals surface area contributed by atoms with Crippen LogP contribution in [0.5, 0.6) is 11.5 Å². The number of rotatable bonds is 4. The summed E-state index contributed by atoms with van der Waals surface area (Å²) in [6.07, 6.45) is 0. The molecule has 5 heteroatoms. The average molecular weight is 373 g/mol. The molecule has 0 saturated heterocycles. The molecule has 0 fully saturated rings. The van der Waals surface area contributed by atoms with Crippen LogP contribution in [-0.4, -0.2) is 17.6 Å². The molecule has 0 unspecified atom stereocenters. The molecule has 0 amide bonds. The summed E-state index contributed by atoms with van der Waals surface area (Å²) < 4.78 is 12.4. The fraction of sp³-hybridized carbons (Fsp3) is 0.130. The summed E-state index contributed by atoms with van der Waals surface area (Å²) in [7, 11) is 1.58. The highest BCUT2D eigenvalue weighted by molar-refractivity contribution is 5.94. The SMILES string of the molecule is COc1ccc(OC(=O)Cn2c3ccccc3c(=O)c3cc(C)ccc32)cc1. The van der Waals surface area contributed by atoms with Gasteiger partial charge in [0.15, 0.2) is 5.43 Å². The van der Waals surface area contributed by atoms with E-state index in [0.717, 1.165) is 5.56 Å². The summed E-state index contributed by atoms with van der Waals surface area (Å²) in [6, 6.07) is 19.8. The number of carbonyl (C=O) groups excluding carboxylic acids is 1. The summed E-state index contributed by atoms with van der Waals surface area (Å²) in [4.78, 5) is 25.5. The van der Waals surface area contributed by atoms with E-state index in [-0.39, 0.29) is 12.0 Å². The van der Waals surface area contributed by atoms with E-state index in [1.165, 1.54) is 0 Å². The number of aromatic nitrogens is 1. The van der Waals surface area contributed by atoms with E-state index < -0.39 is 5.97 Å². The molecule has 0 atom stereocenters. The molecule has 0 N–H and O–H groups in total. The molecule has 4 aromatic rings. The number of hydrogen-bond donors (Lipinski definition) is 0. The molecule has 4 rings (SSSR count). The smallest absolute Gasteiger partial charge is 0.331 e. The van der Waals surface area contributed by atoms with E-state index in [1.54, 1.807) is 37.4 Å². The first-order valence-electron chi connectivity index (χ1n) is 8.93. The minimum absolute atomic E-state index is 0.00756. The van der Waals surface area contributed by atoms with Gasteiger partial charge in [0.25, 0.3) is 0 Å². The topological polar surface area (TPSA) is 57.5 Å². The zero-order chi connectivity index (χ0) is 19.7. The minimum Gasteiger partial charge on any atom is -0.497 e. The fourth-order valence-corrected chi connectivity index (χ4v) is 3.35. The molecule has 0 radical (unpaired) electrons. The quantitative estimate of drug-likeness (QED) is 0.307. The third-order valence-corrected chi connectivity index (χ3v) is 4.71. The van der Waals surface area contributed by atoms with Gasteiger partial charge in [-0.3, -0.25) is 4.79 Å². The Balaban J connectivity index is 1.77. The number of benzene rings is 3. The lowest BCUT2D eigenvalue weighted by Gasteiger charge is -2.15. The van der Waals surface area contributed by atoms with Gasteiger partial charge < -0.3 is 14.0 Å². The van der Waals surface area contributed by atoms with E-state index >= 15 is 0 Å². The summed E-state index contributed by atoms with van der Waals surface area (Å²) in [5, 5.41) is 1.17. The first-order valence-corrected chi connectivity index (χ1v) is 8.93. The lowest BCUT2D eigenvalue weighted by atomic mass is 10.1. The largest absolute Gasteiger partial charge is 0.497 e. The van der Waals surface area contributed by atoms with E-state index in [9.17, 15) is 9.59 Å². The Morgan fingerprint density at radius 2 is 1.57 bits per heavy atom. The Bertz CT molecular complexity index is 1240. The summed E-state index contributed by atoms with van der Waals surface area (Å²) >= 11 is 0. The second-order valence-electron chi connectivity index (χ2n) is 6.60.